The molecule has 0 aliphatic rings. The van der Waals surface area contributed by atoms with Crippen molar-refractivity contribution in [1.29, 1.82) is 0 Å². The molecule has 0 amide bonds. The van der Waals surface area contributed by atoms with Gasteiger partial charge in [-0.05, 0) is 39.3 Å². The molecule has 3 nitrogen and oxygen atoms in total. The molecule has 1 N–H and O–H groups in total. The number of hydrogen-bond donors (Lipinski definition) is 1. The van der Waals surface area contributed by atoms with E-state index < -0.39 is 0 Å². The molecule has 0 spiro atoms. The maximum Gasteiger partial charge on any atom is 0.0742 e. The third-order valence-corrected chi connectivity index (χ3v) is 3.16. The molecule has 2 unspecified atom stereocenters. The fraction of sp³-hybridized carbons (Fsp3) is 0.647. The monoisotopic (exact) mass is 279 g/mol. The Morgan fingerprint density at radius 2 is 1.65 bits per heavy atom. The molecule has 0 heterocycles. The largest absolute Gasteiger partial charge is 0.376 e. The first-order valence-corrected chi connectivity index (χ1v) is 7.66. The van der Waals surface area contributed by atoms with Crippen molar-refractivity contribution >= 4 is 0 Å². The molecule has 0 fully saturated rings. The molecular formula is C17H29NO2. The SMILES string of the molecule is CCCNC(c1ccccc1)C(C)OCCOC(C)C. The Hall–Kier alpha value is -0.900. The van der Waals surface area contributed by atoms with Gasteiger partial charge in [-0.15, -0.1) is 0 Å². The number of nitrogens with one attached hydrogen (secondary N) is 1. The van der Waals surface area contributed by atoms with Crippen LogP contribution in [0.4, 0.5) is 0 Å². The van der Waals surface area contributed by atoms with Crippen LogP contribution in [0.25, 0.3) is 0 Å². The molecule has 20 heavy (non-hydrogen) atoms. The summed E-state index contributed by atoms with van der Waals surface area (Å²) in [6.45, 7) is 10.7. The lowest BCUT2D eigenvalue weighted by Crippen LogP contribution is -2.33. The average molecular weight is 279 g/mol. The first-order chi connectivity index (χ1) is 9.65. The Morgan fingerprint density at radius 3 is 2.25 bits per heavy atom. The van der Waals surface area contributed by atoms with E-state index in [9.17, 15) is 0 Å². The van der Waals surface area contributed by atoms with Crippen LogP contribution in [0.5, 0.6) is 0 Å². The van der Waals surface area contributed by atoms with Crippen LogP contribution >= 0.6 is 0 Å². The molecule has 0 saturated heterocycles. The number of benzene rings is 1. The molecule has 2 atom stereocenters. The molecule has 1 aromatic carbocycles. The van der Waals surface area contributed by atoms with Gasteiger partial charge in [-0.2, -0.15) is 0 Å². The highest BCUT2D eigenvalue weighted by molar-refractivity contribution is 5.19. The van der Waals surface area contributed by atoms with Crippen LogP contribution in [0.1, 0.15) is 45.7 Å². The van der Waals surface area contributed by atoms with Crippen molar-refractivity contribution in [2.75, 3.05) is 19.8 Å². The van der Waals surface area contributed by atoms with Crippen LogP contribution in [0, 0.1) is 0 Å². The Bertz CT molecular complexity index is 340. The molecule has 0 saturated carbocycles. The van der Waals surface area contributed by atoms with Crippen molar-refractivity contribution in [3.05, 3.63) is 35.9 Å². The fourth-order valence-electron chi connectivity index (χ4n) is 2.13. The van der Waals surface area contributed by atoms with E-state index in [0.717, 1.165) is 13.0 Å². The van der Waals surface area contributed by atoms with E-state index >= 15 is 0 Å². The van der Waals surface area contributed by atoms with E-state index in [-0.39, 0.29) is 18.2 Å². The quantitative estimate of drug-likeness (QED) is 0.664. The summed E-state index contributed by atoms with van der Waals surface area (Å²) in [6, 6.07) is 10.7. The van der Waals surface area contributed by atoms with Gasteiger partial charge in [0.05, 0.1) is 31.5 Å². The topological polar surface area (TPSA) is 30.5 Å². The maximum atomic E-state index is 5.92. The normalized spacial score (nSPS) is 14.4. The van der Waals surface area contributed by atoms with E-state index in [1.54, 1.807) is 0 Å². The number of ether oxygens (including phenoxy) is 2. The summed E-state index contributed by atoms with van der Waals surface area (Å²) in [5.74, 6) is 0. The molecule has 1 aromatic rings. The maximum absolute atomic E-state index is 5.92. The minimum Gasteiger partial charge on any atom is -0.376 e. The standard InChI is InChI=1S/C17H29NO2/c1-5-11-18-17(16-9-7-6-8-10-16)15(4)20-13-12-19-14(2)3/h6-10,14-15,17-18H,5,11-13H2,1-4H3. The summed E-state index contributed by atoms with van der Waals surface area (Å²) in [6.07, 6.45) is 1.50. The van der Waals surface area contributed by atoms with Gasteiger partial charge in [0.25, 0.3) is 0 Å². The molecule has 0 bridgehead atoms. The minimum absolute atomic E-state index is 0.125. The van der Waals surface area contributed by atoms with Gasteiger partial charge in [0.15, 0.2) is 0 Å². The van der Waals surface area contributed by atoms with E-state index in [1.807, 2.05) is 19.9 Å². The molecule has 0 radical (unpaired) electrons. The summed E-state index contributed by atoms with van der Waals surface area (Å²) in [5, 5.41) is 3.57. The molecule has 0 aliphatic carbocycles. The third-order valence-electron chi connectivity index (χ3n) is 3.16. The molecular weight excluding hydrogens is 250 g/mol. The first kappa shape index (κ1) is 17.2. The predicted molar refractivity (Wildman–Crippen MR) is 84.0 cm³/mol. The van der Waals surface area contributed by atoms with E-state index in [2.05, 4.69) is 43.4 Å². The zero-order valence-corrected chi connectivity index (χ0v) is 13.3. The van der Waals surface area contributed by atoms with Crippen LogP contribution in [-0.4, -0.2) is 32.0 Å². The van der Waals surface area contributed by atoms with E-state index in [1.165, 1.54) is 5.56 Å². The highest BCUT2D eigenvalue weighted by Crippen LogP contribution is 2.19. The second-order valence-corrected chi connectivity index (χ2v) is 5.34. The Morgan fingerprint density at radius 1 is 1.00 bits per heavy atom. The zero-order valence-electron chi connectivity index (χ0n) is 13.3. The third kappa shape index (κ3) is 6.51. The predicted octanol–water partition coefficient (Wildman–Crippen LogP) is 3.56. The van der Waals surface area contributed by atoms with Gasteiger partial charge < -0.3 is 14.8 Å². The van der Waals surface area contributed by atoms with Crippen molar-refractivity contribution in [1.82, 2.24) is 5.32 Å². The van der Waals surface area contributed by atoms with Gasteiger partial charge in [-0.3, -0.25) is 0 Å². The van der Waals surface area contributed by atoms with Gasteiger partial charge in [0.1, 0.15) is 0 Å². The average Bonchev–Trinajstić information content (AvgIpc) is 2.45. The van der Waals surface area contributed by atoms with Gasteiger partial charge >= 0.3 is 0 Å². The fourth-order valence-corrected chi connectivity index (χ4v) is 2.13. The Labute approximate surface area is 123 Å². The minimum atomic E-state index is 0.125. The summed E-state index contributed by atoms with van der Waals surface area (Å²) >= 11 is 0. The van der Waals surface area contributed by atoms with Gasteiger partial charge in [0, 0.05) is 0 Å². The van der Waals surface area contributed by atoms with E-state index in [0.29, 0.717) is 13.2 Å². The second kappa shape index (κ2) is 9.92. The first-order valence-electron chi connectivity index (χ1n) is 7.66. The smallest absolute Gasteiger partial charge is 0.0742 e. The van der Waals surface area contributed by atoms with Gasteiger partial charge in [-0.1, -0.05) is 37.3 Å². The molecule has 0 aromatic heterocycles. The van der Waals surface area contributed by atoms with E-state index in [4.69, 9.17) is 9.47 Å². The molecule has 114 valence electrons. The lowest BCUT2D eigenvalue weighted by atomic mass is 10.0. The molecule has 0 aliphatic heterocycles. The van der Waals surface area contributed by atoms with Crippen molar-refractivity contribution in [2.24, 2.45) is 0 Å². The summed E-state index contributed by atoms with van der Waals surface area (Å²) in [4.78, 5) is 0. The van der Waals surface area contributed by atoms with Gasteiger partial charge in [0.2, 0.25) is 0 Å². The van der Waals surface area contributed by atoms with Crippen molar-refractivity contribution < 1.29 is 9.47 Å². The van der Waals surface area contributed by atoms with Gasteiger partial charge in [-0.25, -0.2) is 0 Å². The van der Waals surface area contributed by atoms with Crippen LogP contribution in [-0.2, 0) is 9.47 Å². The van der Waals surface area contributed by atoms with Crippen LogP contribution < -0.4 is 5.32 Å². The Balaban J connectivity index is 2.50. The molecule has 3 heteroatoms. The van der Waals surface area contributed by atoms with Crippen LogP contribution in [0.2, 0.25) is 0 Å². The van der Waals surface area contributed by atoms with Crippen LogP contribution in [0.15, 0.2) is 30.3 Å². The highest BCUT2D eigenvalue weighted by Gasteiger charge is 2.18. The Kier molecular flexibility index (Phi) is 8.51. The zero-order chi connectivity index (χ0) is 14.8. The van der Waals surface area contributed by atoms with Crippen molar-refractivity contribution in [2.45, 2.75) is 52.4 Å². The lowest BCUT2D eigenvalue weighted by molar-refractivity contribution is -0.0187. The lowest BCUT2D eigenvalue weighted by Gasteiger charge is -2.26. The summed E-state index contributed by atoms with van der Waals surface area (Å²) in [7, 11) is 0. The number of rotatable bonds is 10. The molecule has 1 rings (SSSR count). The van der Waals surface area contributed by atoms with Crippen molar-refractivity contribution in [3.63, 3.8) is 0 Å². The summed E-state index contributed by atoms with van der Waals surface area (Å²) in [5.41, 5.74) is 1.28. The van der Waals surface area contributed by atoms with Crippen LogP contribution in [0.3, 0.4) is 0 Å². The number of hydrogen-bond acceptors (Lipinski definition) is 3. The van der Waals surface area contributed by atoms with Crippen molar-refractivity contribution in [3.8, 4) is 0 Å². The highest BCUT2D eigenvalue weighted by atomic mass is 16.5. The summed E-state index contributed by atoms with van der Waals surface area (Å²) < 4.78 is 11.4. The second-order valence-electron chi connectivity index (χ2n) is 5.34.